The average molecular weight is 445 g/mol. The molecule has 1 saturated carbocycles. The van der Waals surface area contributed by atoms with Crippen molar-refractivity contribution in [2.24, 2.45) is 0 Å². The van der Waals surface area contributed by atoms with Gasteiger partial charge in [-0.2, -0.15) is 0 Å². The van der Waals surface area contributed by atoms with E-state index >= 15 is 0 Å². The van der Waals surface area contributed by atoms with Crippen LogP contribution in [0.4, 0.5) is 16.0 Å². The van der Waals surface area contributed by atoms with Gasteiger partial charge in [-0.3, -0.25) is 14.6 Å². The molecule has 1 amide bonds. The molecule has 1 fully saturated rings. The molecule has 166 valence electrons. The smallest absolute Gasteiger partial charge is 0.278 e. The highest BCUT2D eigenvalue weighted by atomic mass is 19.1. The van der Waals surface area contributed by atoms with Gasteiger partial charge >= 0.3 is 0 Å². The molecule has 0 radical (unpaired) electrons. The van der Waals surface area contributed by atoms with Crippen molar-refractivity contribution in [2.45, 2.75) is 25.0 Å². The van der Waals surface area contributed by atoms with Gasteiger partial charge in [-0.15, -0.1) is 0 Å². The highest BCUT2D eigenvalue weighted by Crippen LogP contribution is 2.36. The Morgan fingerprint density at radius 1 is 1.03 bits per heavy atom. The second-order valence-corrected chi connectivity index (χ2v) is 8.02. The number of fused-ring (bicyclic) bond motifs is 1. The Balaban J connectivity index is 1.33. The maximum Gasteiger partial charge on any atom is 0.278 e. The number of nitrogens with one attached hydrogen (secondary N) is 3. The summed E-state index contributed by atoms with van der Waals surface area (Å²) in [4.78, 5) is 36.1. The van der Waals surface area contributed by atoms with Gasteiger partial charge < -0.3 is 15.7 Å². The largest absolute Gasteiger partial charge is 0.380 e. The molecular formula is C24H20FN5O3. The summed E-state index contributed by atoms with van der Waals surface area (Å²) < 4.78 is 13.0. The van der Waals surface area contributed by atoms with E-state index < -0.39 is 11.5 Å². The van der Waals surface area contributed by atoms with Crippen LogP contribution in [0.15, 0.2) is 65.5 Å². The zero-order valence-corrected chi connectivity index (χ0v) is 17.4. The van der Waals surface area contributed by atoms with Gasteiger partial charge in [0.05, 0.1) is 11.2 Å². The number of aromatic nitrogens is 3. The maximum absolute atomic E-state index is 13.0. The molecule has 1 aliphatic rings. The van der Waals surface area contributed by atoms with Crippen molar-refractivity contribution in [1.29, 1.82) is 0 Å². The molecule has 2 heterocycles. The van der Waals surface area contributed by atoms with E-state index in [1.165, 1.54) is 12.1 Å². The fourth-order valence-corrected chi connectivity index (χ4v) is 3.37. The molecule has 0 spiro atoms. The van der Waals surface area contributed by atoms with E-state index in [4.69, 9.17) is 0 Å². The van der Waals surface area contributed by atoms with E-state index in [1.807, 2.05) is 0 Å². The van der Waals surface area contributed by atoms with Gasteiger partial charge in [0.1, 0.15) is 11.4 Å². The van der Waals surface area contributed by atoms with Gasteiger partial charge in [-0.05, 0) is 54.8 Å². The number of anilines is 2. The molecule has 4 N–H and O–H groups in total. The first kappa shape index (κ1) is 20.8. The lowest BCUT2D eigenvalue weighted by Crippen LogP contribution is -2.29. The van der Waals surface area contributed by atoms with Crippen LogP contribution in [-0.2, 0) is 11.3 Å². The molecule has 0 aliphatic heterocycles. The number of hydrogen-bond acceptors (Lipinski definition) is 6. The number of amides is 1. The molecule has 0 bridgehead atoms. The van der Waals surface area contributed by atoms with Crippen LogP contribution in [0, 0.1) is 5.82 Å². The second kappa shape index (κ2) is 8.10. The predicted octanol–water partition coefficient (Wildman–Crippen LogP) is 3.20. The number of pyridine rings is 1. The van der Waals surface area contributed by atoms with E-state index in [9.17, 15) is 19.1 Å². The van der Waals surface area contributed by atoms with Crippen molar-refractivity contribution in [1.82, 2.24) is 15.0 Å². The molecule has 33 heavy (non-hydrogen) atoms. The van der Waals surface area contributed by atoms with E-state index in [1.54, 1.807) is 48.5 Å². The topological polar surface area (TPSA) is 120 Å². The summed E-state index contributed by atoms with van der Waals surface area (Å²) in [5.41, 5.74) is 1.78. The number of carbonyl (C=O) groups excluding carboxylic acids is 1. The fourth-order valence-electron chi connectivity index (χ4n) is 3.37. The molecule has 0 unspecified atom stereocenters. The number of benzene rings is 2. The van der Waals surface area contributed by atoms with Crippen LogP contribution in [0.3, 0.4) is 0 Å². The second-order valence-electron chi connectivity index (χ2n) is 8.02. The highest BCUT2D eigenvalue weighted by Gasteiger charge is 2.48. The van der Waals surface area contributed by atoms with Crippen molar-refractivity contribution in [2.75, 3.05) is 10.6 Å². The highest BCUT2D eigenvalue weighted by molar-refractivity contribution is 5.99. The summed E-state index contributed by atoms with van der Waals surface area (Å²) in [6.07, 6.45) is 0.952. The molecule has 0 atom stereocenters. The van der Waals surface area contributed by atoms with Gasteiger partial charge in [-0.1, -0.05) is 24.3 Å². The van der Waals surface area contributed by atoms with Crippen LogP contribution in [0.5, 0.6) is 0 Å². The number of aliphatic hydroxyl groups is 1. The summed E-state index contributed by atoms with van der Waals surface area (Å²) in [5.74, 6) is -0.418. The Morgan fingerprint density at radius 2 is 1.76 bits per heavy atom. The van der Waals surface area contributed by atoms with Crippen molar-refractivity contribution in [3.63, 3.8) is 0 Å². The van der Waals surface area contributed by atoms with Gasteiger partial charge in [0.15, 0.2) is 5.52 Å². The number of aromatic amines is 1. The van der Waals surface area contributed by atoms with Crippen molar-refractivity contribution in [3.8, 4) is 11.3 Å². The first-order valence-electron chi connectivity index (χ1n) is 10.4. The Morgan fingerprint density at radius 3 is 2.45 bits per heavy atom. The van der Waals surface area contributed by atoms with Gasteiger partial charge in [-0.25, -0.2) is 14.4 Å². The number of rotatable bonds is 6. The molecule has 8 nitrogen and oxygen atoms in total. The molecule has 9 heteroatoms. The first-order valence-corrected chi connectivity index (χ1v) is 10.4. The Labute approximate surface area is 187 Å². The Hall–Kier alpha value is -4.11. The molecule has 1 aliphatic carbocycles. The zero-order chi connectivity index (χ0) is 23.0. The summed E-state index contributed by atoms with van der Waals surface area (Å²) in [6.45, 7) is 0.376. The number of halogens is 1. The fraction of sp³-hybridized carbons (Fsp3) is 0.167. The first-order chi connectivity index (χ1) is 15.9. The summed E-state index contributed by atoms with van der Waals surface area (Å²) in [5, 5.41) is 15.6. The number of H-pyrrole nitrogens is 1. The number of carbonyl (C=O) groups is 1. The molecule has 4 aromatic rings. The quantitative estimate of drug-likeness (QED) is 0.362. The normalized spacial score (nSPS) is 14.1. The Bertz CT molecular complexity index is 1400. The third-order valence-electron chi connectivity index (χ3n) is 5.51. The van der Waals surface area contributed by atoms with Crippen LogP contribution < -0.4 is 16.2 Å². The molecule has 0 saturated heterocycles. The molecular weight excluding hydrogens is 425 g/mol. The predicted molar refractivity (Wildman–Crippen MR) is 122 cm³/mol. The van der Waals surface area contributed by atoms with E-state index in [-0.39, 0.29) is 16.9 Å². The minimum Gasteiger partial charge on any atom is -0.380 e. The van der Waals surface area contributed by atoms with Crippen LogP contribution in [0.25, 0.3) is 22.3 Å². The Kier molecular flexibility index (Phi) is 5.10. The summed E-state index contributed by atoms with van der Waals surface area (Å²) >= 11 is 0. The lowest BCUT2D eigenvalue weighted by molar-refractivity contribution is -0.125. The minimum absolute atomic E-state index is 0.202. The van der Waals surface area contributed by atoms with Crippen LogP contribution in [0.1, 0.15) is 18.4 Å². The zero-order valence-electron chi connectivity index (χ0n) is 17.4. The lowest BCUT2D eigenvalue weighted by atomic mass is 10.1. The van der Waals surface area contributed by atoms with Crippen LogP contribution in [0.2, 0.25) is 0 Å². The van der Waals surface area contributed by atoms with Crippen molar-refractivity contribution < 1.29 is 14.3 Å². The van der Waals surface area contributed by atoms with Crippen molar-refractivity contribution in [3.05, 3.63) is 82.4 Å². The van der Waals surface area contributed by atoms with E-state index in [2.05, 4.69) is 25.6 Å². The van der Waals surface area contributed by atoms with Crippen molar-refractivity contribution >= 4 is 28.6 Å². The SMILES string of the molecule is O=C(Nc1ccc(-c2ccc3nc(NCc4ccc(F)cc4)[nH]c(=O)c3n2)cc1)C1(O)CC1. The molecule has 5 rings (SSSR count). The third-order valence-corrected chi connectivity index (χ3v) is 5.51. The minimum atomic E-state index is -1.24. The van der Waals surface area contributed by atoms with E-state index in [0.29, 0.717) is 42.2 Å². The number of nitrogens with zero attached hydrogens (tertiary/aromatic N) is 2. The van der Waals surface area contributed by atoms with Gasteiger partial charge in [0.25, 0.3) is 11.5 Å². The molecule has 2 aromatic carbocycles. The number of hydrogen-bond donors (Lipinski definition) is 4. The van der Waals surface area contributed by atoms with Gasteiger partial charge in [0, 0.05) is 17.8 Å². The summed E-state index contributed by atoms with van der Waals surface area (Å²) in [6, 6.07) is 16.5. The summed E-state index contributed by atoms with van der Waals surface area (Å²) in [7, 11) is 0. The third kappa shape index (κ3) is 4.44. The maximum atomic E-state index is 13.0. The monoisotopic (exact) mass is 445 g/mol. The molecule has 2 aromatic heterocycles. The van der Waals surface area contributed by atoms with E-state index in [0.717, 1.165) is 11.1 Å². The van der Waals surface area contributed by atoms with Gasteiger partial charge in [0.2, 0.25) is 5.95 Å². The lowest BCUT2D eigenvalue weighted by Gasteiger charge is -2.10. The van der Waals surface area contributed by atoms with Crippen LogP contribution in [-0.4, -0.2) is 31.6 Å². The van der Waals surface area contributed by atoms with Crippen LogP contribution >= 0.6 is 0 Å². The average Bonchev–Trinajstić information content (AvgIpc) is 3.58. The standard InChI is InChI=1S/C24H20FN5O3/c25-16-5-1-14(2-6-16)13-26-23-29-19-10-9-18(28-20(19)21(31)30-23)15-3-7-17(8-4-15)27-22(32)24(33)11-12-24/h1-10,33H,11-13H2,(H,27,32)(H2,26,29,30,31).